The molecule has 0 aromatic carbocycles. The molecule has 0 aromatic rings. The van der Waals surface area contributed by atoms with Gasteiger partial charge in [-0.15, -0.1) is 0 Å². The first-order chi connectivity index (χ1) is 8.81. The predicted octanol–water partition coefficient (Wildman–Crippen LogP) is 2.43. The highest BCUT2D eigenvalue weighted by Crippen LogP contribution is 2.36. The van der Waals surface area contributed by atoms with Crippen LogP contribution in [-0.2, 0) is 0 Å². The fourth-order valence-electron chi connectivity index (χ4n) is 3.67. The van der Waals surface area contributed by atoms with Crippen LogP contribution >= 0.6 is 0 Å². The van der Waals surface area contributed by atoms with Crippen molar-refractivity contribution in [2.45, 2.75) is 75.4 Å². The number of nitrogens with zero attached hydrogens (tertiary/aromatic N) is 2. The van der Waals surface area contributed by atoms with Gasteiger partial charge in [0.25, 0.3) is 0 Å². The van der Waals surface area contributed by atoms with Crippen molar-refractivity contribution in [1.29, 1.82) is 5.26 Å². The molecule has 1 heterocycles. The molecule has 2 atom stereocenters. The molecule has 1 N–H and O–H groups in total. The molecule has 3 heteroatoms. The lowest BCUT2D eigenvalue weighted by molar-refractivity contribution is 0.199. The maximum Gasteiger partial charge on any atom is 0.108 e. The fourth-order valence-corrected chi connectivity index (χ4v) is 3.67. The molecular formula is C15H25N3. The second kappa shape index (κ2) is 5.19. The van der Waals surface area contributed by atoms with Crippen molar-refractivity contribution in [2.75, 3.05) is 13.1 Å². The summed E-state index contributed by atoms with van der Waals surface area (Å²) in [6.45, 7) is 2.52. The van der Waals surface area contributed by atoms with E-state index in [-0.39, 0.29) is 5.54 Å². The Balaban J connectivity index is 1.60. The van der Waals surface area contributed by atoms with Crippen LogP contribution in [0, 0.1) is 11.3 Å². The Bertz CT molecular complexity index is 323. The van der Waals surface area contributed by atoms with Gasteiger partial charge in [0.15, 0.2) is 0 Å². The van der Waals surface area contributed by atoms with Crippen LogP contribution in [0.25, 0.3) is 0 Å². The Morgan fingerprint density at radius 3 is 2.39 bits per heavy atom. The van der Waals surface area contributed by atoms with Crippen LogP contribution in [0.1, 0.15) is 57.8 Å². The molecule has 3 rings (SSSR count). The van der Waals surface area contributed by atoms with Crippen molar-refractivity contribution in [3.8, 4) is 6.07 Å². The highest BCUT2D eigenvalue weighted by molar-refractivity contribution is 5.15. The second-order valence-electron chi connectivity index (χ2n) is 6.46. The largest absolute Gasteiger partial charge is 0.300 e. The molecule has 18 heavy (non-hydrogen) atoms. The van der Waals surface area contributed by atoms with Gasteiger partial charge in [-0.3, -0.25) is 5.32 Å². The first-order valence-corrected chi connectivity index (χ1v) is 7.74. The maximum atomic E-state index is 9.53. The molecular weight excluding hydrogens is 222 g/mol. The molecule has 3 aliphatic rings. The minimum Gasteiger partial charge on any atom is -0.300 e. The van der Waals surface area contributed by atoms with E-state index in [2.05, 4.69) is 16.3 Å². The molecule has 1 aliphatic heterocycles. The van der Waals surface area contributed by atoms with E-state index in [0.717, 1.165) is 12.8 Å². The van der Waals surface area contributed by atoms with E-state index in [1.54, 1.807) is 0 Å². The lowest BCUT2D eigenvalue weighted by atomic mass is 9.99. The van der Waals surface area contributed by atoms with Crippen molar-refractivity contribution in [3.63, 3.8) is 0 Å². The summed E-state index contributed by atoms with van der Waals surface area (Å²) in [5, 5.41) is 13.1. The van der Waals surface area contributed by atoms with Gasteiger partial charge >= 0.3 is 0 Å². The number of nitrogens with one attached hydrogen (secondary N) is 1. The van der Waals surface area contributed by atoms with Crippen molar-refractivity contribution in [2.24, 2.45) is 0 Å². The quantitative estimate of drug-likeness (QED) is 0.832. The lowest BCUT2D eigenvalue weighted by Gasteiger charge is -2.29. The summed E-state index contributed by atoms with van der Waals surface area (Å²) in [6, 6.07) is 3.90. The Kier molecular flexibility index (Phi) is 3.59. The molecule has 0 aromatic heterocycles. The minimum absolute atomic E-state index is 0.196. The van der Waals surface area contributed by atoms with Gasteiger partial charge in [-0.05, 0) is 58.0 Å². The molecule has 2 aliphatic carbocycles. The highest BCUT2D eigenvalue weighted by atomic mass is 15.2. The molecule has 0 amide bonds. The normalized spacial score (nSPS) is 38.3. The number of rotatable bonds is 3. The van der Waals surface area contributed by atoms with Gasteiger partial charge in [0.2, 0.25) is 0 Å². The van der Waals surface area contributed by atoms with E-state index in [4.69, 9.17) is 0 Å². The van der Waals surface area contributed by atoms with Crippen LogP contribution in [0.4, 0.5) is 0 Å². The molecule has 0 spiro atoms. The van der Waals surface area contributed by atoms with E-state index in [1.807, 2.05) is 0 Å². The Morgan fingerprint density at radius 2 is 1.78 bits per heavy atom. The van der Waals surface area contributed by atoms with Crippen LogP contribution in [0.15, 0.2) is 0 Å². The third kappa shape index (κ3) is 2.70. The van der Waals surface area contributed by atoms with Crippen LogP contribution in [-0.4, -0.2) is 35.6 Å². The SMILES string of the molecule is N#CC1(NC2CC2)CCC(N2CCCCCC2)C1. The molecule has 2 unspecified atom stereocenters. The first kappa shape index (κ1) is 12.4. The highest BCUT2D eigenvalue weighted by Gasteiger charge is 2.44. The number of nitriles is 1. The fraction of sp³-hybridized carbons (Fsp3) is 0.933. The van der Waals surface area contributed by atoms with Gasteiger partial charge in [0.05, 0.1) is 6.07 Å². The van der Waals surface area contributed by atoms with Crippen LogP contribution in [0.3, 0.4) is 0 Å². The van der Waals surface area contributed by atoms with Crippen molar-refractivity contribution < 1.29 is 0 Å². The zero-order chi connectivity index (χ0) is 12.4. The molecule has 2 saturated carbocycles. The Labute approximate surface area is 111 Å². The van der Waals surface area contributed by atoms with E-state index >= 15 is 0 Å². The smallest absolute Gasteiger partial charge is 0.108 e. The summed E-state index contributed by atoms with van der Waals surface area (Å²) in [7, 11) is 0. The van der Waals surface area contributed by atoms with Crippen LogP contribution in [0.5, 0.6) is 0 Å². The van der Waals surface area contributed by atoms with Crippen molar-refractivity contribution in [1.82, 2.24) is 10.2 Å². The number of hydrogen-bond acceptors (Lipinski definition) is 3. The summed E-state index contributed by atoms with van der Waals surface area (Å²) in [4.78, 5) is 2.67. The topological polar surface area (TPSA) is 39.1 Å². The predicted molar refractivity (Wildman–Crippen MR) is 72.2 cm³/mol. The lowest BCUT2D eigenvalue weighted by Crippen LogP contribution is -2.45. The Hall–Kier alpha value is -0.590. The molecule has 0 bridgehead atoms. The van der Waals surface area contributed by atoms with Gasteiger partial charge in [0, 0.05) is 12.1 Å². The van der Waals surface area contributed by atoms with E-state index in [1.165, 1.54) is 58.0 Å². The van der Waals surface area contributed by atoms with E-state index in [9.17, 15) is 5.26 Å². The second-order valence-corrected chi connectivity index (χ2v) is 6.46. The molecule has 3 nitrogen and oxygen atoms in total. The third-order valence-corrected chi connectivity index (χ3v) is 4.92. The van der Waals surface area contributed by atoms with Crippen molar-refractivity contribution >= 4 is 0 Å². The average Bonchev–Trinajstić information content (AvgIpc) is 3.15. The zero-order valence-corrected chi connectivity index (χ0v) is 11.3. The molecule has 1 saturated heterocycles. The average molecular weight is 247 g/mol. The molecule has 0 radical (unpaired) electrons. The molecule has 100 valence electrons. The number of likely N-dealkylation sites (tertiary alicyclic amines) is 1. The number of hydrogen-bond donors (Lipinski definition) is 1. The standard InChI is InChI=1S/C15H25N3/c16-12-15(17-13-5-6-13)8-7-14(11-15)18-9-3-1-2-4-10-18/h13-14,17H,1-11H2. The summed E-state index contributed by atoms with van der Waals surface area (Å²) in [6.07, 6.45) is 11.4. The maximum absolute atomic E-state index is 9.53. The van der Waals surface area contributed by atoms with Gasteiger partial charge in [0.1, 0.15) is 5.54 Å². The third-order valence-electron chi connectivity index (χ3n) is 4.92. The van der Waals surface area contributed by atoms with Crippen molar-refractivity contribution in [3.05, 3.63) is 0 Å². The summed E-state index contributed by atoms with van der Waals surface area (Å²) in [5.41, 5.74) is -0.196. The molecule has 3 fully saturated rings. The summed E-state index contributed by atoms with van der Waals surface area (Å²) >= 11 is 0. The monoisotopic (exact) mass is 247 g/mol. The van der Waals surface area contributed by atoms with E-state index < -0.39 is 0 Å². The van der Waals surface area contributed by atoms with Crippen LogP contribution < -0.4 is 5.32 Å². The van der Waals surface area contributed by atoms with Gasteiger partial charge < -0.3 is 4.90 Å². The minimum atomic E-state index is -0.196. The van der Waals surface area contributed by atoms with E-state index in [0.29, 0.717) is 12.1 Å². The summed E-state index contributed by atoms with van der Waals surface area (Å²) in [5.74, 6) is 0. The van der Waals surface area contributed by atoms with Gasteiger partial charge in [-0.25, -0.2) is 0 Å². The van der Waals surface area contributed by atoms with Gasteiger partial charge in [-0.1, -0.05) is 12.8 Å². The Morgan fingerprint density at radius 1 is 1.06 bits per heavy atom. The van der Waals surface area contributed by atoms with Crippen LogP contribution in [0.2, 0.25) is 0 Å². The van der Waals surface area contributed by atoms with Gasteiger partial charge in [-0.2, -0.15) is 5.26 Å². The summed E-state index contributed by atoms with van der Waals surface area (Å²) < 4.78 is 0. The zero-order valence-electron chi connectivity index (χ0n) is 11.3. The first-order valence-electron chi connectivity index (χ1n) is 7.74.